The van der Waals surface area contributed by atoms with Gasteiger partial charge >= 0.3 is 0 Å². The topological polar surface area (TPSA) is 127 Å². The molecule has 1 unspecified atom stereocenters. The number of nitrogen functional groups attached to an aromatic ring is 1. The second-order valence-corrected chi connectivity index (χ2v) is 7.12. The molecule has 0 amide bonds. The molecule has 0 radical (unpaired) electrons. The summed E-state index contributed by atoms with van der Waals surface area (Å²) in [6.07, 6.45) is 4.98. The molecule has 3 heterocycles. The third kappa shape index (κ3) is 7.05. The third-order valence-electron chi connectivity index (χ3n) is 4.83. The minimum absolute atomic E-state index is 0.250. The summed E-state index contributed by atoms with van der Waals surface area (Å²) in [5, 5.41) is 11.3. The Balaban J connectivity index is 0.00000129. The lowest BCUT2D eigenvalue weighted by atomic mass is 9.97. The van der Waals surface area contributed by atoms with Crippen molar-refractivity contribution in [2.24, 2.45) is 11.7 Å². The fraction of sp³-hybridized carbons (Fsp3) is 0.400. The molecule has 0 aliphatic heterocycles. The minimum atomic E-state index is 0.250. The Bertz CT molecular complexity index is 1030. The summed E-state index contributed by atoms with van der Waals surface area (Å²) < 4.78 is 0. The van der Waals surface area contributed by atoms with E-state index in [9.17, 15) is 0 Å². The van der Waals surface area contributed by atoms with Crippen molar-refractivity contribution in [3.8, 4) is 0 Å². The van der Waals surface area contributed by atoms with Crippen molar-refractivity contribution in [2.45, 2.75) is 47.6 Å². The molecule has 0 bridgehead atoms. The molecule has 3 aromatic rings. The van der Waals surface area contributed by atoms with Gasteiger partial charge in [0.2, 0.25) is 0 Å². The maximum absolute atomic E-state index is 6.12. The largest absolute Gasteiger partial charge is 0.403 e. The van der Waals surface area contributed by atoms with Gasteiger partial charge in [-0.15, -0.1) is 0 Å². The molecule has 3 aromatic heterocycles. The molecule has 8 heteroatoms. The van der Waals surface area contributed by atoms with Gasteiger partial charge in [0.25, 0.3) is 0 Å². The van der Waals surface area contributed by atoms with Crippen LogP contribution in [-0.4, -0.2) is 29.0 Å². The molecule has 7 N–H and O–H groups in total. The fourth-order valence-electron chi connectivity index (χ4n) is 3.40. The summed E-state index contributed by atoms with van der Waals surface area (Å²) in [7, 11) is 3.75. The number of aromatic nitrogens is 3. The number of fused-ring (bicyclic) bond motifs is 1. The van der Waals surface area contributed by atoms with E-state index in [0.717, 1.165) is 16.6 Å². The van der Waals surface area contributed by atoms with E-state index in [0.29, 0.717) is 28.9 Å². The Morgan fingerprint density at radius 2 is 1.67 bits per heavy atom. The second-order valence-electron chi connectivity index (χ2n) is 7.12. The predicted molar refractivity (Wildman–Crippen MR) is 142 cm³/mol. The van der Waals surface area contributed by atoms with Crippen molar-refractivity contribution in [3.63, 3.8) is 0 Å². The second kappa shape index (κ2) is 13.9. The Morgan fingerprint density at radius 1 is 1.00 bits per heavy atom. The van der Waals surface area contributed by atoms with Gasteiger partial charge in [-0.05, 0) is 48.2 Å². The first-order valence-electron chi connectivity index (χ1n) is 11.5. The Hall–Kier alpha value is -3.39. The van der Waals surface area contributed by atoms with Gasteiger partial charge < -0.3 is 27.4 Å². The van der Waals surface area contributed by atoms with Crippen LogP contribution in [0.1, 0.15) is 58.8 Å². The Labute approximate surface area is 198 Å². The third-order valence-corrected chi connectivity index (χ3v) is 4.83. The van der Waals surface area contributed by atoms with Crippen LogP contribution in [0.5, 0.6) is 0 Å². The molecule has 0 saturated carbocycles. The number of anilines is 3. The monoisotopic (exact) mass is 452 g/mol. The lowest BCUT2D eigenvalue weighted by Crippen LogP contribution is -2.21. The summed E-state index contributed by atoms with van der Waals surface area (Å²) in [6.45, 7) is 12.4. The van der Waals surface area contributed by atoms with Crippen LogP contribution < -0.4 is 27.4 Å². The first-order valence-corrected chi connectivity index (χ1v) is 11.5. The van der Waals surface area contributed by atoms with Crippen LogP contribution in [0.2, 0.25) is 0 Å². The summed E-state index contributed by atoms with van der Waals surface area (Å²) in [4.78, 5) is 13.3. The number of hydrogen-bond donors (Lipinski definition) is 5. The Kier molecular flexibility index (Phi) is 11.6. The number of nitrogens with one attached hydrogen (secondary N) is 3. The van der Waals surface area contributed by atoms with E-state index in [4.69, 9.17) is 11.5 Å². The normalized spacial score (nSPS) is 11.7. The molecule has 0 aliphatic carbocycles. The summed E-state index contributed by atoms with van der Waals surface area (Å²) in [6, 6.07) is 8.16. The first-order chi connectivity index (χ1) is 16.0. The molecular weight excluding hydrogens is 412 g/mol. The van der Waals surface area contributed by atoms with Gasteiger partial charge in [-0.3, -0.25) is 0 Å². The molecule has 0 aliphatic rings. The van der Waals surface area contributed by atoms with E-state index in [1.165, 1.54) is 11.8 Å². The van der Waals surface area contributed by atoms with E-state index in [1.807, 2.05) is 59.0 Å². The predicted octanol–water partition coefficient (Wildman–Crippen LogP) is 4.80. The van der Waals surface area contributed by atoms with Gasteiger partial charge in [-0.25, -0.2) is 15.0 Å². The van der Waals surface area contributed by atoms with Gasteiger partial charge in [-0.2, -0.15) is 0 Å². The molecule has 0 spiro atoms. The van der Waals surface area contributed by atoms with E-state index < -0.39 is 0 Å². The van der Waals surface area contributed by atoms with Crippen LogP contribution in [0.4, 0.5) is 17.5 Å². The lowest BCUT2D eigenvalue weighted by molar-refractivity contribution is 0.443. The van der Waals surface area contributed by atoms with Crippen molar-refractivity contribution in [1.29, 1.82) is 0 Å². The average molecular weight is 453 g/mol. The maximum atomic E-state index is 6.12. The number of nitrogens with two attached hydrogens (primary N) is 2. The highest BCUT2D eigenvalue weighted by molar-refractivity contribution is 5.93. The van der Waals surface area contributed by atoms with Gasteiger partial charge in [0.15, 0.2) is 0 Å². The van der Waals surface area contributed by atoms with E-state index in [-0.39, 0.29) is 6.04 Å². The van der Waals surface area contributed by atoms with E-state index in [1.54, 1.807) is 19.4 Å². The van der Waals surface area contributed by atoms with Gasteiger partial charge in [0.1, 0.15) is 17.5 Å². The highest BCUT2D eigenvalue weighted by atomic mass is 15.1. The minimum Gasteiger partial charge on any atom is -0.403 e. The highest BCUT2D eigenvalue weighted by Gasteiger charge is 2.14. The molecular formula is C25H40N8. The maximum Gasteiger partial charge on any atom is 0.133 e. The number of pyridine rings is 3. The van der Waals surface area contributed by atoms with Crippen molar-refractivity contribution >= 4 is 33.9 Å². The fourth-order valence-corrected chi connectivity index (χ4v) is 3.40. The van der Waals surface area contributed by atoms with Gasteiger partial charge in [0, 0.05) is 37.1 Å². The quantitative estimate of drug-likeness (QED) is 0.346. The van der Waals surface area contributed by atoms with E-state index >= 15 is 0 Å². The summed E-state index contributed by atoms with van der Waals surface area (Å²) in [5.74, 6) is 2.27. The first kappa shape index (κ1) is 27.6. The van der Waals surface area contributed by atoms with Crippen molar-refractivity contribution in [3.05, 3.63) is 54.1 Å². The van der Waals surface area contributed by atoms with Crippen LogP contribution in [-0.2, 0) is 0 Å². The zero-order valence-corrected chi connectivity index (χ0v) is 21.2. The van der Waals surface area contributed by atoms with Crippen LogP contribution in [0.15, 0.2) is 42.9 Å². The van der Waals surface area contributed by atoms with Gasteiger partial charge in [-0.1, -0.05) is 41.5 Å². The van der Waals surface area contributed by atoms with Crippen molar-refractivity contribution < 1.29 is 0 Å². The number of nitrogens with zero attached hydrogens (tertiary/aromatic N) is 3. The standard InChI is InChI=1S/C21H28N8.2C2H6/c1-12(2)20(25-4)13-5-6-26-18(8-13)29-19-9-14-7-16(17(10-22)24-3)28-21(23)15(14)11-27-19;2*1-2/h5-12,20,24-25H,22H2,1-4H3,(H2,23,28)(H,26,27,29);2*1-2H3/b17-10-;;. The van der Waals surface area contributed by atoms with Crippen LogP contribution in [0, 0.1) is 5.92 Å². The molecule has 3 rings (SSSR count). The van der Waals surface area contributed by atoms with Gasteiger partial charge in [0.05, 0.1) is 11.4 Å². The van der Waals surface area contributed by atoms with Crippen molar-refractivity contribution in [1.82, 2.24) is 25.6 Å². The summed E-state index contributed by atoms with van der Waals surface area (Å²) in [5.41, 5.74) is 14.3. The molecule has 1 atom stereocenters. The molecule has 0 fully saturated rings. The summed E-state index contributed by atoms with van der Waals surface area (Å²) >= 11 is 0. The van der Waals surface area contributed by atoms with Crippen LogP contribution in [0.3, 0.4) is 0 Å². The number of rotatable bonds is 7. The number of hydrogen-bond acceptors (Lipinski definition) is 8. The molecule has 180 valence electrons. The Morgan fingerprint density at radius 3 is 2.24 bits per heavy atom. The average Bonchev–Trinajstić information content (AvgIpc) is 2.83. The van der Waals surface area contributed by atoms with Crippen LogP contribution >= 0.6 is 0 Å². The SMILES string of the molecule is CC.CC.CN/C(=C\N)c1cc2cc(Nc3cc(C(NC)C(C)C)ccn3)ncc2c(N)n1. The van der Waals surface area contributed by atoms with E-state index in [2.05, 4.69) is 44.7 Å². The zero-order chi connectivity index (χ0) is 25.0. The highest BCUT2D eigenvalue weighted by Crippen LogP contribution is 2.27. The molecule has 0 saturated heterocycles. The van der Waals surface area contributed by atoms with Crippen molar-refractivity contribution in [2.75, 3.05) is 25.1 Å². The lowest BCUT2D eigenvalue weighted by Gasteiger charge is -2.21. The smallest absolute Gasteiger partial charge is 0.133 e. The molecule has 33 heavy (non-hydrogen) atoms. The molecule has 8 nitrogen and oxygen atoms in total. The van der Waals surface area contributed by atoms with Crippen LogP contribution in [0.25, 0.3) is 16.5 Å². The molecule has 0 aromatic carbocycles. The zero-order valence-electron chi connectivity index (χ0n) is 21.2.